The van der Waals surface area contributed by atoms with E-state index in [1.165, 1.54) is 12.4 Å². The van der Waals surface area contributed by atoms with Gasteiger partial charge in [0.25, 0.3) is 0 Å². The topological polar surface area (TPSA) is 54.9 Å². The van der Waals surface area contributed by atoms with Crippen molar-refractivity contribution in [2.24, 2.45) is 0 Å². The molecule has 1 aromatic carbocycles. The lowest BCUT2D eigenvalue weighted by Gasteiger charge is -2.04. The summed E-state index contributed by atoms with van der Waals surface area (Å²) in [5.74, 6) is 0.254. The number of amides is 1. The van der Waals surface area contributed by atoms with Crippen LogP contribution in [0.1, 0.15) is 5.56 Å². The van der Waals surface area contributed by atoms with E-state index in [2.05, 4.69) is 31.2 Å². The number of anilines is 1. The second kappa shape index (κ2) is 5.93. The molecule has 0 aliphatic carbocycles. The quantitative estimate of drug-likeness (QED) is 0.882. The molecule has 0 radical (unpaired) electrons. The van der Waals surface area contributed by atoms with Gasteiger partial charge < -0.3 is 5.32 Å². The van der Waals surface area contributed by atoms with Crippen molar-refractivity contribution in [2.45, 2.75) is 6.42 Å². The molecule has 1 aromatic heterocycles. The number of carbonyl (C=O) groups excluding carboxylic acids is 1. The molecule has 2 rings (SSSR count). The van der Waals surface area contributed by atoms with Gasteiger partial charge in [-0.1, -0.05) is 39.7 Å². The molecule has 1 N–H and O–H groups in total. The van der Waals surface area contributed by atoms with Crippen molar-refractivity contribution in [1.82, 2.24) is 9.97 Å². The largest absolute Gasteiger partial charge is 0.310 e. The van der Waals surface area contributed by atoms with Crippen LogP contribution >= 0.6 is 27.5 Å². The van der Waals surface area contributed by atoms with E-state index in [0.29, 0.717) is 11.0 Å². The van der Waals surface area contributed by atoms with E-state index in [0.717, 1.165) is 10.0 Å². The summed E-state index contributed by atoms with van der Waals surface area (Å²) in [7, 11) is 0. The summed E-state index contributed by atoms with van der Waals surface area (Å²) in [6, 6.07) is 9.06. The third-order valence-corrected chi connectivity index (χ3v) is 2.91. The zero-order valence-electron chi connectivity index (χ0n) is 9.23. The number of carbonyl (C=O) groups is 1. The van der Waals surface area contributed by atoms with Crippen LogP contribution in [0.2, 0.25) is 5.15 Å². The molecule has 1 amide bonds. The van der Waals surface area contributed by atoms with Crippen molar-refractivity contribution in [3.8, 4) is 0 Å². The normalized spacial score (nSPS) is 10.1. The standard InChI is InChI=1S/C12H9BrClN3O/c13-9-3-1-8(2-4-9)5-12(18)17-11-6-10(14)15-7-16-11/h1-4,6-7H,5H2,(H,15,16,17,18). The van der Waals surface area contributed by atoms with Gasteiger partial charge in [0.1, 0.15) is 17.3 Å². The first-order valence-corrected chi connectivity index (χ1v) is 6.32. The molecule has 2 aromatic rings. The van der Waals surface area contributed by atoms with E-state index in [1.54, 1.807) is 0 Å². The lowest BCUT2D eigenvalue weighted by atomic mass is 10.1. The summed E-state index contributed by atoms with van der Waals surface area (Å²) in [4.78, 5) is 19.4. The third-order valence-electron chi connectivity index (χ3n) is 2.18. The molecule has 4 nitrogen and oxygen atoms in total. The van der Waals surface area contributed by atoms with Crippen molar-refractivity contribution >= 4 is 39.3 Å². The monoisotopic (exact) mass is 325 g/mol. The number of rotatable bonds is 3. The maximum atomic E-state index is 11.8. The molecule has 0 fully saturated rings. The summed E-state index contributed by atoms with van der Waals surface area (Å²) in [6.45, 7) is 0. The number of halogens is 2. The van der Waals surface area contributed by atoms with Crippen LogP contribution in [0.3, 0.4) is 0 Å². The molecule has 0 aliphatic heterocycles. The fourth-order valence-corrected chi connectivity index (χ4v) is 1.79. The Bertz CT molecular complexity index is 560. The van der Waals surface area contributed by atoms with Gasteiger partial charge >= 0.3 is 0 Å². The minimum atomic E-state index is -0.146. The number of benzene rings is 1. The maximum absolute atomic E-state index is 11.8. The fraction of sp³-hybridized carbons (Fsp3) is 0.0833. The Morgan fingerprint density at radius 1 is 1.28 bits per heavy atom. The minimum Gasteiger partial charge on any atom is -0.310 e. The second-order valence-corrected chi connectivity index (χ2v) is 4.88. The van der Waals surface area contributed by atoms with Crippen molar-refractivity contribution in [1.29, 1.82) is 0 Å². The highest BCUT2D eigenvalue weighted by atomic mass is 79.9. The summed E-state index contributed by atoms with van der Waals surface area (Å²) in [5, 5.41) is 2.95. The molecule has 0 unspecified atom stereocenters. The number of hydrogen-bond donors (Lipinski definition) is 1. The van der Waals surface area contributed by atoms with Crippen LogP contribution in [0, 0.1) is 0 Å². The average molecular weight is 327 g/mol. The number of aromatic nitrogens is 2. The molecule has 1 heterocycles. The van der Waals surface area contributed by atoms with E-state index in [9.17, 15) is 4.79 Å². The molecule has 0 atom stereocenters. The Balaban J connectivity index is 1.98. The van der Waals surface area contributed by atoms with Gasteiger partial charge in [0.2, 0.25) is 5.91 Å². The zero-order valence-corrected chi connectivity index (χ0v) is 11.6. The summed E-state index contributed by atoms with van der Waals surface area (Å²) < 4.78 is 0.981. The SMILES string of the molecule is O=C(Cc1ccc(Br)cc1)Nc1cc(Cl)ncn1. The lowest BCUT2D eigenvalue weighted by Crippen LogP contribution is -2.15. The highest BCUT2D eigenvalue weighted by Gasteiger charge is 2.05. The first kappa shape index (κ1) is 13.0. The van der Waals surface area contributed by atoms with Crippen molar-refractivity contribution in [3.63, 3.8) is 0 Å². The van der Waals surface area contributed by atoms with Gasteiger partial charge in [-0.25, -0.2) is 9.97 Å². The van der Waals surface area contributed by atoms with Crippen LogP contribution in [0.4, 0.5) is 5.82 Å². The van der Waals surface area contributed by atoms with Crippen LogP contribution in [-0.4, -0.2) is 15.9 Å². The molecule has 92 valence electrons. The Hall–Kier alpha value is -1.46. The van der Waals surface area contributed by atoms with E-state index < -0.39 is 0 Å². The second-order valence-electron chi connectivity index (χ2n) is 3.58. The highest BCUT2D eigenvalue weighted by molar-refractivity contribution is 9.10. The molecule has 0 saturated carbocycles. The van der Waals surface area contributed by atoms with Gasteiger partial charge in [-0.3, -0.25) is 4.79 Å². The Morgan fingerprint density at radius 3 is 2.67 bits per heavy atom. The molecule has 0 bridgehead atoms. The number of nitrogens with one attached hydrogen (secondary N) is 1. The van der Waals surface area contributed by atoms with Gasteiger partial charge in [0.15, 0.2) is 0 Å². The predicted octanol–water partition coefficient (Wildman–Crippen LogP) is 3.07. The van der Waals surface area contributed by atoms with Crippen molar-refractivity contribution in [3.05, 3.63) is 51.8 Å². The molecule has 6 heteroatoms. The van der Waals surface area contributed by atoms with Gasteiger partial charge in [-0.15, -0.1) is 0 Å². The molecular formula is C12H9BrClN3O. The molecule has 0 saturated heterocycles. The maximum Gasteiger partial charge on any atom is 0.229 e. The first-order valence-electron chi connectivity index (χ1n) is 5.15. The van der Waals surface area contributed by atoms with E-state index >= 15 is 0 Å². The highest BCUT2D eigenvalue weighted by Crippen LogP contribution is 2.12. The van der Waals surface area contributed by atoms with E-state index in [4.69, 9.17) is 11.6 Å². The van der Waals surface area contributed by atoms with Crippen LogP contribution in [0.25, 0.3) is 0 Å². The molecule has 0 aliphatic rings. The number of nitrogens with zero attached hydrogens (tertiary/aromatic N) is 2. The van der Waals surface area contributed by atoms with Crippen LogP contribution in [-0.2, 0) is 11.2 Å². The Morgan fingerprint density at radius 2 is 2.00 bits per heavy atom. The minimum absolute atomic E-state index is 0.146. The summed E-state index contributed by atoms with van der Waals surface area (Å²) in [5.41, 5.74) is 0.927. The van der Waals surface area contributed by atoms with E-state index in [1.807, 2.05) is 24.3 Å². The Labute approximate surface area is 118 Å². The lowest BCUT2D eigenvalue weighted by molar-refractivity contribution is -0.115. The fourth-order valence-electron chi connectivity index (χ4n) is 1.38. The first-order chi connectivity index (χ1) is 8.63. The van der Waals surface area contributed by atoms with Crippen molar-refractivity contribution < 1.29 is 4.79 Å². The van der Waals surface area contributed by atoms with E-state index in [-0.39, 0.29) is 12.3 Å². The smallest absolute Gasteiger partial charge is 0.229 e. The van der Waals surface area contributed by atoms with Gasteiger partial charge in [-0.2, -0.15) is 0 Å². The Kier molecular flexibility index (Phi) is 4.28. The third kappa shape index (κ3) is 3.78. The molecule has 18 heavy (non-hydrogen) atoms. The average Bonchev–Trinajstić information content (AvgIpc) is 2.32. The summed E-state index contributed by atoms with van der Waals surface area (Å²) in [6.07, 6.45) is 1.59. The van der Waals surface area contributed by atoms with Gasteiger partial charge in [-0.05, 0) is 17.7 Å². The van der Waals surface area contributed by atoms with Crippen LogP contribution in [0.5, 0.6) is 0 Å². The molecule has 0 spiro atoms. The van der Waals surface area contributed by atoms with Crippen LogP contribution in [0.15, 0.2) is 41.1 Å². The molecular weight excluding hydrogens is 318 g/mol. The number of hydrogen-bond acceptors (Lipinski definition) is 3. The van der Waals surface area contributed by atoms with Crippen LogP contribution < -0.4 is 5.32 Å². The predicted molar refractivity (Wildman–Crippen MR) is 73.5 cm³/mol. The zero-order chi connectivity index (χ0) is 13.0. The van der Waals surface area contributed by atoms with Gasteiger partial charge in [0, 0.05) is 10.5 Å². The van der Waals surface area contributed by atoms with Gasteiger partial charge in [0.05, 0.1) is 6.42 Å². The summed E-state index contributed by atoms with van der Waals surface area (Å²) >= 11 is 9.04. The van der Waals surface area contributed by atoms with Crippen molar-refractivity contribution in [2.75, 3.05) is 5.32 Å².